The SMILES string of the molecule is Cc1c(NC(=O)c2cnc3nc[nH]c3c2)cccc1C(=O)N1CCOCC1. The van der Waals surface area contributed by atoms with Crippen LogP contribution in [0.3, 0.4) is 0 Å². The van der Waals surface area contributed by atoms with Crippen molar-refractivity contribution in [3.8, 4) is 0 Å². The molecule has 2 aromatic heterocycles. The van der Waals surface area contributed by atoms with Crippen molar-refractivity contribution < 1.29 is 14.3 Å². The summed E-state index contributed by atoms with van der Waals surface area (Å²) in [7, 11) is 0. The van der Waals surface area contributed by atoms with Gasteiger partial charge in [-0.3, -0.25) is 9.59 Å². The third-order valence-electron chi connectivity index (χ3n) is 4.65. The van der Waals surface area contributed by atoms with Gasteiger partial charge in [0.1, 0.15) is 0 Å². The first-order valence-corrected chi connectivity index (χ1v) is 8.70. The summed E-state index contributed by atoms with van der Waals surface area (Å²) in [5, 5.41) is 2.87. The second-order valence-electron chi connectivity index (χ2n) is 6.33. The molecule has 0 atom stereocenters. The molecule has 0 unspecified atom stereocenters. The molecular formula is C19H19N5O3. The number of morpholine rings is 1. The normalized spacial score (nSPS) is 14.3. The summed E-state index contributed by atoms with van der Waals surface area (Å²) >= 11 is 0. The summed E-state index contributed by atoms with van der Waals surface area (Å²) in [6, 6.07) is 7.03. The Bertz CT molecular complexity index is 1010. The van der Waals surface area contributed by atoms with Gasteiger partial charge in [0.05, 0.1) is 30.6 Å². The number of carbonyl (C=O) groups excluding carboxylic acids is 2. The molecule has 1 aliphatic rings. The van der Waals surface area contributed by atoms with E-state index in [4.69, 9.17) is 4.74 Å². The Morgan fingerprint density at radius 3 is 2.85 bits per heavy atom. The number of amides is 2. The lowest BCUT2D eigenvalue weighted by Gasteiger charge is -2.27. The number of hydrogen-bond acceptors (Lipinski definition) is 5. The van der Waals surface area contributed by atoms with E-state index in [0.29, 0.717) is 54.3 Å². The lowest BCUT2D eigenvalue weighted by atomic mass is 10.0. The van der Waals surface area contributed by atoms with E-state index in [9.17, 15) is 9.59 Å². The maximum atomic E-state index is 12.8. The molecule has 8 heteroatoms. The van der Waals surface area contributed by atoms with Gasteiger partial charge in [0, 0.05) is 30.5 Å². The van der Waals surface area contributed by atoms with Crippen LogP contribution < -0.4 is 5.32 Å². The van der Waals surface area contributed by atoms with Gasteiger partial charge in [-0.15, -0.1) is 0 Å². The van der Waals surface area contributed by atoms with Crippen LogP contribution >= 0.6 is 0 Å². The average molecular weight is 365 g/mol. The van der Waals surface area contributed by atoms with Crippen LogP contribution in [-0.4, -0.2) is 58.0 Å². The number of hydrogen-bond donors (Lipinski definition) is 2. The van der Waals surface area contributed by atoms with Crippen LogP contribution in [0.15, 0.2) is 36.8 Å². The topological polar surface area (TPSA) is 100 Å². The number of benzene rings is 1. The predicted octanol–water partition coefficient (Wildman–Crippen LogP) is 1.99. The Hall–Kier alpha value is -3.26. The summed E-state index contributed by atoms with van der Waals surface area (Å²) in [5.41, 5.74) is 3.58. The van der Waals surface area contributed by atoms with Gasteiger partial charge in [0.25, 0.3) is 11.8 Å². The van der Waals surface area contributed by atoms with Gasteiger partial charge >= 0.3 is 0 Å². The first kappa shape index (κ1) is 17.2. The molecule has 1 aliphatic heterocycles. The lowest BCUT2D eigenvalue weighted by molar-refractivity contribution is 0.0302. The van der Waals surface area contributed by atoms with Gasteiger partial charge in [0.2, 0.25) is 0 Å². The van der Waals surface area contributed by atoms with Crippen molar-refractivity contribution in [3.63, 3.8) is 0 Å². The molecule has 138 valence electrons. The van der Waals surface area contributed by atoms with Crippen LogP contribution in [0.2, 0.25) is 0 Å². The van der Waals surface area contributed by atoms with Crippen LogP contribution in [0.25, 0.3) is 11.2 Å². The average Bonchev–Trinajstić information content (AvgIpc) is 3.17. The number of nitrogens with one attached hydrogen (secondary N) is 2. The van der Waals surface area contributed by atoms with E-state index in [-0.39, 0.29) is 11.8 Å². The Morgan fingerprint density at radius 2 is 2.04 bits per heavy atom. The predicted molar refractivity (Wildman–Crippen MR) is 99.7 cm³/mol. The fraction of sp³-hybridized carbons (Fsp3) is 0.263. The van der Waals surface area contributed by atoms with Crippen molar-refractivity contribution in [2.75, 3.05) is 31.6 Å². The minimum Gasteiger partial charge on any atom is -0.378 e. The number of fused-ring (bicyclic) bond motifs is 1. The van der Waals surface area contributed by atoms with Gasteiger partial charge in [-0.1, -0.05) is 6.07 Å². The summed E-state index contributed by atoms with van der Waals surface area (Å²) in [6.45, 7) is 4.07. The van der Waals surface area contributed by atoms with Gasteiger partial charge < -0.3 is 19.9 Å². The summed E-state index contributed by atoms with van der Waals surface area (Å²) < 4.78 is 5.30. The van der Waals surface area contributed by atoms with Gasteiger partial charge in [-0.05, 0) is 30.7 Å². The number of anilines is 1. The van der Waals surface area contributed by atoms with Gasteiger partial charge in [-0.25, -0.2) is 9.97 Å². The number of H-pyrrole nitrogens is 1. The van der Waals surface area contributed by atoms with Crippen molar-refractivity contribution >= 4 is 28.7 Å². The maximum Gasteiger partial charge on any atom is 0.257 e. The van der Waals surface area contributed by atoms with E-state index in [2.05, 4.69) is 20.3 Å². The Kier molecular flexibility index (Phi) is 4.55. The molecule has 2 N–H and O–H groups in total. The lowest BCUT2D eigenvalue weighted by Crippen LogP contribution is -2.41. The van der Waals surface area contributed by atoms with Crippen molar-refractivity contribution in [3.05, 3.63) is 53.5 Å². The molecule has 1 fully saturated rings. The second-order valence-corrected chi connectivity index (χ2v) is 6.33. The Balaban J connectivity index is 1.56. The van der Waals surface area contributed by atoms with Crippen molar-refractivity contribution in [2.45, 2.75) is 6.92 Å². The number of aromatic amines is 1. The van der Waals surface area contributed by atoms with Gasteiger partial charge in [0.15, 0.2) is 5.65 Å². The van der Waals surface area contributed by atoms with Crippen molar-refractivity contribution in [2.24, 2.45) is 0 Å². The molecule has 0 aliphatic carbocycles. The maximum absolute atomic E-state index is 12.8. The summed E-state index contributed by atoms with van der Waals surface area (Å²) in [5.74, 6) is -0.342. The molecule has 3 heterocycles. The minimum absolute atomic E-state index is 0.0487. The number of nitrogens with zero attached hydrogens (tertiary/aromatic N) is 3. The molecule has 0 bridgehead atoms. The van der Waals surface area contributed by atoms with Crippen LogP contribution in [-0.2, 0) is 4.74 Å². The number of pyridine rings is 1. The fourth-order valence-electron chi connectivity index (χ4n) is 3.09. The first-order valence-electron chi connectivity index (χ1n) is 8.70. The highest BCUT2D eigenvalue weighted by atomic mass is 16.5. The minimum atomic E-state index is -0.293. The van der Waals surface area contributed by atoms with Crippen molar-refractivity contribution in [1.29, 1.82) is 0 Å². The second kappa shape index (κ2) is 7.16. The molecule has 0 saturated carbocycles. The Morgan fingerprint density at radius 1 is 1.22 bits per heavy atom. The van der Waals surface area contributed by atoms with Gasteiger partial charge in [-0.2, -0.15) is 0 Å². The number of ether oxygens (including phenoxy) is 1. The largest absolute Gasteiger partial charge is 0.378 e. The first-order chi connectivity index (χ1) is 13.1. The molecule has 0 spiro atoms. The monoisotopic (exact) mass is 365 g/mol. The van der Waals surface area contributed by atoms with E-state index in [1.165, 1.54) is 12.5 Å². The number of carbonyl (C=O) groups is 2. The third-order valence-corrected chi connectivity index (χ3v) is 4.65. The molecule has 4 rings (SSSR count). The van der Waals surface area contributed by atoms with Crippen LogP contribution in [0.4, 0.5) is 5.69 Å². The number of imidazole rings is 1. The molecule has 1 aromatic carbocycles. The molecular weight excluding hydrogens is 346 g/mol. The standard InChI is InChI=1S/C19H19N5O3/c1-12-14(19(26)24-5-7-27-8-6-24)3-2-4-15(12)23-18(25)13-9-16-17(20-10-13)22-11-21-16/h2-4,9-11H,5-8H2,1H3,(H,23,25)(H,20,21,22). The molecule has 3 aromatic rings. The van der Waals surface area contributed by atoms with E-state index < -0.39 is 0 Å². The van der Waals surface area contributed by atoms with Crippen LogP contribution in [0.1, 0.15) is 26.3 Å². The van der Waals surface area contributed by atoms with E-state index in [1.807, 2.05) is 6.92 Å². The third kappa shape index (κ3) is 3.39. The zero-order valence-corrected chi connectivity index (χ0v) is 14.9. The zero-order valence-electron chi connectivity index (χ0n) is 14.9. The van der Waals surface area contributed by atoms with E-state index >= 15 is 0 Å². The van der Waals surface area contributed by atoms with Crippen LogP contribution in [0.5, 0.6) is 0 Å². The highest BCUT2D eigenvalue weighted by molar-refractivity contribution is 6.07. The molecule has 0 radical (unpaired) electrons. The smallest absolute Gasteiger partial charge is 0.257 e. The summed E-state index contributed by atoms with van der Waals surface area (Å²) in [4.78, 5) is 38.3. The van der Waals surface area contributed by atoms with Crippen molar-refractivity contribution in [1.82, 2.24) is 19.9 Å². The Labute approximate surface area is 155 Å². The molecule has 8 nitrogen and oxygen atoms in total. The zero-order chi connectivity index (χ0) is 18.8. The highest BCUT2D eigenvalue weighted by Gasteiger charge is 2.21. The highest BCUT2D eigenvalue weighted by Crippen LogP contribution is 2.22. The van der Waals surface area contributed by atoms with Crippen LogP contribution in [0, 0.1) is 6.92 Å². The number of rotatable bonds is 3. The fourth-order valence-corrected chi connectivity index (χ4v) is 3.09. The molecule has 27 heavy (non-hydrogen) atoms. The molecule has 2 amide bonds. The summed E-state index contributed by atoms with van der Waals surface area (Å²) in [6.07, 6.45) is 3.01. The number of aromatic nitrogens is 3. The quantitative estimate of drug-likeness (QED) is 0.739. The molecule has 1 saturated heterocycles. The van der Waals surface area contributed by atoms with E-state index in [1.54, 1.807) is 29.2 Å². The van der Waals surface area contributed by atoms with E-state index in [0.717, 1.165) is 5.56 Å².